The Hall–Kier alpha value is -2.22. The number of aromatic nitrogens is 2. The predicted molar refractivity (Wildman–Crippen MR) is 70.5 cm³/mol. The van der Waals surface area contributed by atoms with Crippen LogP contribution in [0, 0.1) is 5.82 Å². The highest BCUT2D eigenvalue weighted by molar-refractivity contribution is 9.10. The molecule has 1 aromatic heterocycles. The van der Waals surface area contributed by atoms with Crippen LogP contribution in [0.25, 0.3) is 5.69 Å². The van der Waals surface area contributed by atoms with Gasteiger partial charge in [-0.2, -0.15) is 9.78 Å². The number of para-hydroxylation sites is 1. The molecule has 0 radical (unpaired) electrons. The maximum atomic E-state index is 13.8. The largest absolute Gasteiger partial charge is 0.505 e. The van der Waals surface area contributed by atoms with Crippen LogP contribution in [0.2, 0.25) is 0 Å². The van der Waals surface area contributed by atoms with Crippen LogP contribution < -0.4 is 5.56 Å². The topological polar surface area (TPSA) is 81.4 Å². The molecule has 1 N–H and O–H groups in total. The molecule has 0 atom stereocenters. The molecule has 8 heteroatoms. The Balaban J connectivity index is 2.75. The zero-order chi connectivity index (χ0) is 14.9. The van der Waals surface area contributed by atoms with Gasteiger partial charge >= 0.3 is 5.97 Å². The Morgan fingerprint density at radius 3 is 2.80 bits per heavy atom. The Morgan fingerprint density at radius 1 is 1.50 bits per heavy atom. The standard InChI is InChI=1S/C12H8BrFN2O4/c1-20-12(19)10-8(17)5-9(18)16(15-10)11-6(13)3-2-4-7(11)14/h2-5,17H,1H3. The molecule has 0 fully saturated rings. The lowest BCUT2D eigenvalue weighted by molar-refractivity contribution is 0.0588. The van der Waals surface area contributed by atoms with Crippen molar-refractivity contribution >= 4 is 21.9 Å². The Morgan fingerprint density at radius 2 is 2.20 bits per heavy atom. The van der Waals surface area contributed by atoms with Crippen LogP contribution in [0.4, 0.5) is 4.39 Å². The van der Waals surface area contributed by atoms with Gasteiger partial charge in [0.15, 0.2) is 5.75 Å². The number of hydrogen-bond acceptors (Lipinski definition) is 5. The summed E-state index contributed by atoms with van der Waals surface area (Å²) in [5.74, 6) is -2.29. The summed E-state index contributed by atoms with van der Waals surface area (Å²) in [5.41, 5.74) is -1.44. The minimum Gasteiger partial charge on any atom is -0.505 e. The normalized spacial score (nSPS) is 10.3. The Labute approximate surface area is 120 Å². The number of ether oxygens (including phenoxy) is 1. The van der Waals surface area contributed by atoms with Gasteiger partial charge in [0, 0.05) is 10.5 Å². The fourth-order valence-corrected chi connectivity index (χ4v) is 2.05. The van der Waals surface area contributed by atoms with Crippen molar-refractivity contribution < 1.29 is 19.0 Å². The maximum Gasteiger partial charge on any atom is 0.362 e. The molecule has 2 aromatic rings. The van der Waals surface area contributed by atoms with Crippen LogP contribution >= 0.6 is 15.9 Å². The average Bonchev–Trinajstić information content (AvgIpc) is 2.40. The van der Waals surface area contributed by atoms with E-state index in [0.29, 0.717) is 4.68 Å². The first-order valence-electron chi connectivity index (χ1n) is 5.31. The summed E-state index contributed by atoms with van der Waals surface area (Å²) < 4.78 is 19.2. The van der Waals surface area contributed by atoms with Crippen LogP contribution in [-0.4, -0.2) is 28.0 Å². The quantitative estimate of drug-likeness (QED) is 0.839. The van der Waals surface area contributed by atoms with Gasteiger partial charge in [0.05, 0.1) is 7.11 Å². The second-order valence-corrected chi connectivity index (χ2v) is 4.54. The zero-order valence-corrected chi connectivity index (χ0v) is 11.7. The molecule has 0 amide bonds. The van der Waals surface area contributed by atoms with Crippen LogP contribution in [0.5, 0.6) is 5.75 Å². The summed E-state index contributed by atoms with van der Waals surface area (Å²) in [4.78, 5) is 23.2. The molecule has 0 saturated heterocycles. The van der Waals surface area contributed by atoms with Crippen LogP contribution in [0.3, 0.4) is 0 Å². The first kappa shape index (κ1) is 14.2. The van der Waals surface area contributed by atoms with Crippen molar-refractivity contribution in [1.29, 1.82) is 0 Å². The van der Waals surface area contributed by atoms with Crippen molar-refractivity contribution in [3.63, 3.8) is 0 Å². The van der Waals surface area contributed by atoms with Gasteiger partial charge in [-0.05, 0) is 28.1 Å². The van der Waals surface area contributed by atoms with E-state index in [0.717, 1.165) is 19.2 Å². The molecule has 0 spiro atoms. The van der Waals surface area contributed by atoms with Crippen molar-refractivity contribution in [2.24, 2.45) is 0 Å². The van der Waals surface area contributed by atoms with Gasteiger partial charge in [-0.25, -0.2) is 9.18 Å². The first-order valence-corrected chi connectivity index (χ1v) is 6.11. The van der Waals surface area contributed by atoms with Gasteiger partial charge in [-0.3, -0.25) is 4.79 Å². The number of carbonyl (C=O) groups is 1. The lowest BCUT2D eigenvalue weighted by atomic mass is 10.3. The van der Waals surface area contributed by atoms with Gasteiger partial charge in [-0.1, -0.05) is 6.07 Å². The van der Waals surface area contributed by atoms with Crippen LogP contribution in [0.15, 0.2) is 33.5 Å². The van der Waals surface area contributed by atoms with E-state index >= 15 is 0 Å². The number of benzene rings is 1. The van der Waals surface area contributed by atoms with Gasteiger partial charge in [0.25, 0.3) is 5.56 Å². The zero-order valence-electron chi connectivity index (χ0n) is 10.1. The number of aromatic hydroxyl groups is 1. The number of hydrogen-bond donors (Lipinski definition) is 1. The van der Waals surface area contributed by atoms with E-state index in [1.165, 1.54) is 12.1 Å². The molecule has 0 saturated carbocycles. The number of esters is 1. The third kappa shape index (κ3) is 2.42. The monoisotopic (exact) mass is 342 g/mol. The molecule has 0 unspecified atom stereocenters. The lowest BCUT2D eigenvalue weighted by Gasteiger charge is -2.10. The number of halogens is 2. The molecular formula is C12H8BrFN2O4. The summed E-state index contributed by atoms with van der Waals surface area (Å²) in [5, 5.41) is 13.2. The lowest BCUT2D eigenvalue weighted by Crippen LogP contribution is -2.24. The number of methoxy groups -OCH3 is 1. The summed E-state index contributed by atoms with van der Waals surface area (Å²) in [6.45, 7) is 0. The van der Waals surface area contributed by atoms with E-state index in [1.807, 2.05) is 0 Å². The molecule has 2 rings (SSSR count). The van der Waals surface area contributed by atoms with Gasteiger partial charge in [0.1, 0.15) is 11.5 Å². The molecule has 104 valence electrons. The summed E-state index contributed by atoms with van der Waals surface area (Å²) in [7, 11) is 1.10. The smallest absolute Gasteiger partial charge is 0.362 e. The van der Waals surface area contributed by atoms with Crippen molar-refractivity contribution in [2.75, 3.05) is 7.11 Å². The molecule has 0 bridgehead atoms. The summed E-state index contributed by atoms with van der Waals surface area (Å²) in [6, 6.07) is 4.85. The predicted octanol–water partition coefficient (Wildman–Crippen LogP) is 1.63. The first-order chi connectivity index (χ1) is 9.45. The molecule has 0 aliphatic rings. The minimum absolute atomic E-state index is 0.164. The number of rotatable bonds is 2. The van der Waals surface area contributed by atoms with Crippen molar-refractivity contribution in [2.45, 2.75) is 0 Å². The highest BCUT2D eigenvalue weighted by Gasteiger charge is 2.19. The van der Waals surface area contributed by atoms with Gasteiger partial charge in [-0.15, -0.1) is 0 Å². The third-order valence-corrected chi connectivity index (χ3v) is 3.08. The van der Waals surface area contributed by atoms with Crippen molar-refractivity contribution in [3.8, 4) is 11.4 Å². The van der Waals surface area contributed by atoms with Crippen molar-refractivity contribution in [1.82, 2.24) is 9.78 Å². The molecule has 6 nitrogen and oxygen atoms in total. The van der Waals surface area contributed by atoms with Crippen LogP contribution in [-0.2, 0) is 4.74 Å². The van der Waals surface area contributed by atoms with E-state index in [4.69, 9.17) is 0 Å². The number of carbonyl (C=O) groups excluding carboxylic acids is 1. The maximum absolute atomic E-state index is 13.8. The molecular weight excluding hydrogens is 335 g/mol. The van der Waals surface area contributed by atoms with E-state index in [2.05, 4.69) is 25.8 Å². The van der Waals surface area contributed by atoms with Crippen LogP contribution in [0.1, 0.15) is 10.5 Å². The van der Waals surface area contributed by atoms with E-state index in [-0.39, 0.29) is 10.2 Å². The number of nitrogens with zero attached hydrogens (tertiary/aromatic N) is 2. The molecule has 1 heterocycles. The minimum atomic E-state index is -0.941. The fraction of sp³-hybridized carbons (Fsp3) is 0.0833. The third-order valence-electron chi connectivity index (χ3n) is 2.44. The van der Waals surface area contributed by atoms with E-state index in [1.54, 1.807) is 0 Å². The molecule has 1 aromatic carbocycles. The van der Waals surface area contributed by atoms with E-state index in [9.17, 15) is 19.1 Å². The van der Waals surface area contributed by atoms with Gasteiger partial charge < -0.3 is 9.84 Å². The highest BCUT2D eigenvalue weighted by atomic mass is 79.9. The Kier molecular flexibility index (Phi) is 3.84. The Bertz CT molecular complexity index is 724. The molecule has 0 aliphatic carbocycles. The molecule has 0 aliphatic heterocycles. The van der Waals surface area contributed by atoms with E-state index < -0.39 is 28.8 Å². The summed E-state index contributed by atoms with van der Waals surface area (Å²) >= 11 is 3.10. The SMILES string of the molecule is COC(=O)c1nn(-c2c(F)cccc2Br)c(=O)cc1O. The molecule has 20 heavy (non-hydrogen) atoms. The highest BCUT2D eigenvalue weighted by Crippen LogP contribution is 2.23. The summed E-state index contributed by atoms with van der Waals surface area (Å²) in [6.07, 6.45) is 0. The average molecular weight is 343 g/mol. The second kappa shape index (κ2) is 5.41. The fourth-order valence-electron chi connectivity index (χ4n) is 1.54. The van der Waals surface area contributed by atoms with Gasteiger partial charge in [0.2, 0.25) is 5.69 Å². The second-order valence-electron chi connectivity index (χ2n) is 3.69. The van der Waals surface area contributed by atoms with Crippen molar-refractivity contribution in [3.05, 3.63) is 50.6 Å².